The van der Waals surface area contributed by atoms with Crippen LogP contribution in [-0.4, -0.2) is 28.1 Å². The Morgan fingerprint density at radius 3 is 2.63 bits per heavy atom. The van der Waals surface area contributed by atoms with E-state index in [1.807, 2.05) is 24.1 Å². The normalized spacial score (nSPS) is 11.4. The fourth-order valence-corrected chi connectivity index (χ4v) is 2.25. The molecule has 0 fully saturated rings. The van der Waals surface area contributed by atoms with Crippen molar-refractivity contribution in [3.05, 3.63) is 45.9 Å². The van der Waals surface area contributed by atoms with Gasteiger partial charge in [0.25, 0.3) is 0 Å². The Bertz CT molecular complexity index is 599. The van der Waals surface area contributed by atoms with Crippen LogP contribution in [0.3, 0.4) is 0 Å². The number of hydrogen-bond donors (Lipinski definition) is 2. The summed E-state index contributed by atoms with van der Waals surface area (Å²) >= 11 is 2.19. The number of anilines is 2. The fraction of sp³-hybridized carbons (Fsp3) is 0.0833. The second kappa shape index (κ2) is 5.83. The highest BCUT2D eigenvalue weighted by molar-refractivity contribution is 14.1. The van der Waals surface area contributed by atoms with Crippen molar-refractivity contribution in [3.8, 4) is 0 Å². The van der Waals surface area contributed by atoms with Crippen LogP contribution in [-0.2, 0) is 0 Å². The average molecular weight is 369 g/mol. The Labute approximate surface area is 124 Å². The Morgan fingerprint density at radius 2 is 2.05 bits per heavy atom. The smallest absolute Gasteiger partial charge is 0.170 e. The number of aromatic nitrogens is 2. The summed E-state index contributed by atoms with van der Waals surface area (Å²) < 4.78 is 0.961. The van der Waals surface area contributed by atoms with Crippen molar-refractivity contribution in [2.75, 3.05) is 11.9 Å². The van der Waals surface area contributed by atoms with Crippen molar-refractivity contribution in [1.82, 2.24) is 9.97 Å². The summed E-state index contributed by atoms with van der Waals surface area (Å²) in [7, 11) is 1.92. The fourth-order valence-electron chi connectivity index (χ4n) is 1.59. The Hall–Kier alpha value is -1.90. The van der Waals surface area contributed by atoms with Gasteiger partial charge in [-0.2, -0.15) is 0 Å². The predicted octanol–water partition coefficient (Wildman–Crippen LogP) is 1.94. The zero-order valence-electron chi connectivity index (χ0n) is 10.2. The summed E-state index contributed by atoms with van der Waals surface area (Å²) in [5.41, 5.74) is 7.13. The number of nitrogens with two attached hydrogens (primary N) is 1. The maximum absolute atomic E-state index is 8.62. The van der Waals surface area contributed by atoms with Crippen molar-refractivity contribution >= 4 is 39.9 Å². The number of hydrogen-bond acceptors (Lipinski definition) is 5. The molecule has 1 aromatic carbocycles. The molecule has 0 amide bonds. The molecule has 0 unspecified atom stereocenters. The molecule has 98 valence electrons. The maximum Gasteiger partial charge on any atom is 0.170 e. The Kier molecular flexibility index (Phi) is 4.15. The summed E-state index contributed by atoms with van der Waals surface area (Å²) in [6.07, 6.45) is 3.27. The van der Waals surface area contributed by atoms with Gasteiger partial charge in [-0.05, 0) is 46.9 Å². The molecule has 0 saturated carbocycles. The molecule has 0 saturated heterocycles. The van der Waals surface area contributed by atoms with E-state index in [1.54, 1.807) is 18.3 Å². The summed E-state index contributed by atoms with van der Waals surface area (Å²) in [6, 6.07) is 7.33. The quantitative estimate of drug-likeness (QED) is 0.284. The lowest BCUT2D eigenvalue weighted by atomic mass is 10.2. The van der Waals surface area contributed by atoms with Gasteiger partial charge in [0.1, 0.15) is 12.1 Å². The van der Waals surface area contributed by atoms with E-state index >= 15 is 0 Å². The van der Waals surface area contributed by atoms with Gasteiger partial charge in [0, 0.05) is 24.5 Å². The zero-order chi connectivity index (χ0) is 13.8. The van der Waals surface area contributed by atoms with E-state index in [9.17, 15) is 0 Å². The standard InChI is InChI=1S/C12H12IN5O/c1-18(12-10(13)6-15-7-16-12)9-4-2-8(3-5-9)11(14)17-19/h2-7,19H,1H3,(H2,14,17). The molecule has 0 bridgehead atoms. The van der Waals surface area contributed by atoms with E-state index in [1.165, 1.54) is 6.33 Å². The first kappa shape index (κ1) is 13.5. The van der Waals surface area contributed by atoms with Gasteiger partial charge in [-0.25, -0.2) is 9.97 Å². The molecule has 7 heteroatoms. The topological polar surface area (TPSA) is 87.6 Å². The van der Waals surface area contributed by atoms with Crippen molar-refractivity contribution in [1.29, 1.82) is 0 Å². The minimum Gasteiger partial charge on any atom is -0.409 e. The summed E-state index contributed by atoms with van der Waals surface area (Å²) in [5.74, 6) is 0.915. The van der Waals surface area contributed by atoms with Gasteiger partial charge in [0.05, 0.1) is 3.57 Å². The summed E-state index contributed by atoms with van der Waals surface area (Å²) in [4.78, 5) is 10.2. The number of rotatable bonds is 3. The first-order valence-electron chi connectivity index (χ1n) is 5.40. The third-order valence-corrected chi connectivity index (χ3v) is 3.38. The van der Waals surface area contributed by atoms with Gasteiger partial charge >= 0.3 is 0 Å². The molecular formula is C12H12IN5O. The highest BCUT2D eigenvalue weighted by Gasteiger charge is 2.09. The Morgan fingerprint density at radius 1 is 1.37 bits per heavy atom. The van der Waals surface area contributed by atoms with Crippen LogP contribution >= 0.6 is 22.6 Å². The molecular weight excluding hydrogens is 357 g/mol. The van der Waals surface area contributed by atoms with E-state index in [0.717, 1.165) is 15.1 Å². The van der Waals surface area contributed by atoms with Crippen LogP contribution in [0.5, 0.6) is 0 Å². The number of halogens is 1. The third-order valence-electron chi connectivity index (χ3n) is 2.62. The van der Waals surface area contributed by atoms with E-state index in [0.29, 0.717) is 5.56 Å². The average Bonchev–Trinajstić information content (AvgIpc) is 2.46. The van der Waals surface area contributed by atoms with Crippen LogP contribution in [0.2, 0.25) is 0 Å². The van der Waals surface area contributed by atoms with Gasteiger partial charge in [-0.15, -0.1) is 0 Å². The van der Waals surface area contributed by atoms with Crippen molar-refractivity contribution < 1.29 is 5.21 Å². The predicted molar refractivity (Wildman–Crippen MR) is 81.8 cm³/mol. The van der Waals surface area contributed by atoms with Crippen molar-refractivity contribution in [3.63, 3.8) is 0 Å². The molecule has 0 atom stereocenters. The van der Waals surface area contributed by atoms with E-state index < -0.39 is 0 Å². The van der Waals surface area contributed by atoms with Crippen LogP contribution in [0.15, 0.2) is 41.9 Å². The van der Waals surface area contributed by atoms with Crippen LogP contribution in [0.4, 0.5) is 11.5 Å². The summed E-state index contributed by atoms with van der Waals surface area (Å²) in [5, 5.41) is 11.6. The largest absolute Gasteiger partial charge is 0.409 e. The Balaban J connectivity index is 2.30. The molecule has 19 heavy (non-hydrogen) atoms. The van der Waals surface area contributed by atoms with E-state index in [4.69, 9.17) is 10.9 Å². The molecule has 2 rings (SSSR count). The number of amidine groups is 1. The molecule has 2 aromatic rings. The van der Waals surface area contributed by atoms with Crippen LogP contribution < -0.4 is 10.6 Å². The van der Waals surface area contributed by atoms with Gasteiger partial charge < -0.3 is 15.8 Å². The molecule has 1 heterocycles. The first-order chi connectivity index (χ1) is 9.13. The minimum atomic E-state index is 0.0887. The molecule has 0 aliphatic carbocycles. The van der Waals surface area contributed by atoms with Gasteiger partial charge in [0.15, 0.2) is 5.84 Å². The molecule has 0 aliphatic rings. The lowest BCUT2D eigenvalue weighted by Gasteiger charge is -2.19. The monoisotopic (exact) mass is 369 g/mol. The second-order valence-electron chi connectivity index (χ2n) is 3.79. The summed E-state index contributed by atoms with van der Waals surface area (Å²) in [6.45, 7) is 0. The lowest BCUT2D eigenvalue weighted by molar-refractivity contribution is 0.318. The second-order valence-corrected chi connectivity index (χ2v) is 4.95. The molecule has 3 N–H and O–H groups in total. The van der Waals surface area contributed by atoms with E-state index in [2.05, 4.69) is 37.7 Å². The lowest BCUT2D eigenvalue weighted by Crippen LogP contribution is -2.15. The van der Waals surface area contributed by atoms with Crippen LogP contribution in [0, 0.1) is 3.57 Å². The third kappa shape index (κ3) is 2.92. The van der Waals surface area contributed by atoms with Crippen molar-refractivity contribution in [2.45, 2.75) is 0 Å². The molecule has 1 aromatic heterocycles. The number of benzene rings is 1. The highest BCUT2D eigenvalue weighted by atomic mass is 127. The SMILES string of the molecule is CN(c1ccc(C(N)=NO)cc1)c1ncncc1I. The minimum absolute atomic E-state index is 0.0887. The maximum atomic E-state index is 8.62. The first-order valence-corrected chi connectivity index (χ1v) is 6.48. The van der Waals surface area contributed by atoms with Crippen molar-refractivity contribution in [2.24, 2.45) is 10.9 Å². The number of oxime groups is 1. The highest BCUT2D eigenvalue weighted by Crippen LogP contribution is 2.25. The van der Waals surface area contributed by atoms with Crippen LogP contribution in [0.25, 0.3) is 0 Å². The van der Waals surface area contributed by atoms with Gasteiger partial charge in [0.2, 0.25) is 0 Å². The zero-order valence-corrected chi connectivity index (χ0v) is 12.3. The molecule has 0 radical (unpaired) electrons. The van der Waals surface area contributed by atoms with Crippen LogP contribution in [0.1, 0.15) is 5.56 Å². The van der Waals surface area contributed by atoms with Gasteiger partial charge in [-0.1, -0.05) is 5.16 Å². The molecule has 0 spiro atoms. The van der Waals surface area contributed by atoms with E-state index in [-0.39, 0.29) is 5.84 Å². The molecule has 0 aliphatic heterocycles. The molecule has 6 nitrogen and oxygen atoms in total. The van der Waals surface area contributed by atoms with Gasteiger partial charge in [-0.3, -0.25) is 0 Å². The number of nitrogens with zero attached hydrogens (tertiary/aromatic N) is 4.